The molecule has 5 nitrogen and oxygen atoms in total. The fourth-order valence-electron chi connectivity index (χ4n) is 2.60. The molecule has 1 aliphatic rings. The average molecular weight is 288 g/mol. The number of aromatic nitrogens is 1. The highest BCUT2D eigenvalue weighted by molar-refractivity contribution is 7.91. The molecule has 3 N–H and O–H groups in total. The first-order chi connectivity index (χ1) is 8.72. The number of hydrogen-bond donors (Lipinski definition) is 2. The minimum absolute atomic E-state index is 0.00153. The highest BCUT2D eigenvalue weighted by atomic mass is 32.2. The summed E-state index contributed by atoms with van der Waals surface area (Å²) >= 11 is 0. The Morgan fingerprint density at radius 1 is 1.58 bits per heavy atom. The van der Waals surface area contributed by atoms with Gasteiger partial charge in [-0.25, -0.2) is 12.8 Å². The molecule has 0 spiro atoms. The van der Waals surface area contributed by atoms with Gasteiger partial charge in [-0.2, -0.15) is 0 Å². The van der Waals surface area contributed by atoms with Crippen LogP contribution in [0.5, 0.6) is 0 Å². The van der Waals surface area contributed by atoms with E-state index >= 15 is 0 Å². The first kappa shape index (κ1) is 14.4. The maximum absolute atomic E-state index is 12.9. The number of sulfone groups is 1. The zero-order valence-electron chi connectivity index (χ0n) is 10.6. The van der Waals surface area contributed by atoms with Crippen LogP contribution in [0, 0.1) is 11.2 Å². The maximum Gasteiger partial charge on any atom is 0.151 e. The molecule has 1 aliphatic heterocycles. The molecule has 1 fully saturated rings. The van der Waals surface area contributed by atoms with Gasteiger partial charge in [0.2, 0.25) is 0 Å². The Labute approximate surface area is 111 Å². The van der Waals surface area contributed by atoms with Crippen LogP contribution in [0.1, 0.15) is 19.0 Å². The SMILES string of the molecule is CC(O)(c1ccc(F)cn1)C1(CN)CCS(=O)(=O)C1. The highest BCUT2D eigenvalue weighted by Gasteiger charge is 2.54. The molecule has 0 aromatic carbocycles. The summed E-state index contributed by atoms with van der Waals surface area (Å²) < 4.78 is 36.3. The number of aliphatic hydroxyl groups is 1. The summed E-state index contributed by atoms with van der Waals surface area (Å²) in [5.74, 6) is -0.690. The van der Waals surface area contributed by atoms with E-state index in [1.165, 1.54) is 19.1 Å². The minimum atomic E-state index is -3.21. The second kappa shape index (κ2) is 4.50. The number of nitrogens with zero attached hydrogens (tertiary/aromatic N) is 1. The highest BCUT2D eigenvalue weighted by Crippen LogP contribution is 2.46. The van der Waals surface area contributed by atoms with Crippen LogP contribution in [-0.2, 0) is 15.4 Å². The van der Waals surface area contributed by atoms with Crippen molar-refractivity contribution in [3.05, 3.63) is 29.8 Å². The fraction of sp³-hybridized carbons (Fsp3) is 0.583. The second-order valence-corrected chi connectivity index (χ2v) is 7.44. The maximum atomic E-state index is 12.9. The van der Waals surface area contributed by atoms with Crippen LogP contribution >= 0.6 is 0 Å². The van der Waals surface area contributed by atoms with E-state index in [2.05, 4.69) is 4.98 Å². The van der Waals surface area contributed by atoms with Crippen LogP contribution in [0.2, 0.25) is 0 Å². The van der Waals surface area contributed by atoms with Gasteiger partial charge in [-0.15, -0.1) is 0 Å². The van der Waals surface area contributed by atoms with E-state index in [-0.39, 0.29) is 30.2 Å². The third kappa shape index (κ3) is 2.37. The van der Waals surface area contributed by atoms with Crippen molar-refractivity contribution in [1.82, 2.24) is 4.98 Å². The molecule has 2 rings (SSSR count). The van der Waals surface area contributed by atoms with Gasteiger partial charge in [0.25, 0.3) is 0 Å². The van der Waals surface area contributed by atoms with E-state index in [4.69, 9.17) is 5.73 Å². The molecule has 0 amide bonds. The van der Waals surface area contributed by atoms with E-state index in [0.29, 0.717) is 0 Å². The molecule has 1 aromatic rings. The Morgan fingerprint density at radius 2 is 2.26 bits per heavy atom. The molecule has 1 saturated heterocycles. The predicted octanol–water partition coefficient (Wildman–Crippen LogP) is 0.192. The predicted molar refractivity (Wildman–Crippen MR) is 68.5 cm³/mol. The second-order valence-electron chi connectivity index (χ2n) is 5.26. The summed E-state index contributed by atoms with van der Waals surface area (Å²) in [7, 11) is -3.21. The number of hydrogen-bond acceptors (Lipinski definition) is 5. The van der Waals surface area contributed by atoms with Crippen LogP contribution in [0.15, 0.2) is 18.3 Å². The summed E-state index contributed by atoms with van der Waals surface area (Å²) in [5, 5.41) is 10.7. The van der Waals surface area contributed by atoms with Crippen molar-refractivity contribution in [1.29, 1.82) is 0 Å². The molecule has 0 bridgehead atoms. The normalized spacial score (nSPS) is 29.1. The third-order valence-corrected chi connectivity index (χ3v) is 5.86. The minimum Gasteiger partial charge on any atom is -0.383 e. The van der Waals surface area contributed by atoms with E-state index in [1.807, 2.05) is 0 Å². The average Bonchev–Trinajstić information content (AvgIpc) is 2.67. The van der Waals surface area contributed by atoms with Gasteiger partial charge < -0.3 is 10.8 Å². The molecule has 19 heavy (non-hydrogen) atoms. The molecular formula is C12H17FN2O3S. The topological polar surface area (TPSA) is 93.3 Å². The zero-order valence-corrected chi connectivity index (χ0v) is 11.5. The van der Waals surface area contributed by atoms with Crippen LogP contribution in [-0.4, -0.2) is 36.6 Å². The standard InChI is InChI=1S/C12H17FN2O3S/c1-11(16,10-3-2-9(13)6-15-10)12(7-14)4-5-19(17,18)8-12/h2-3,6,16H,4-5,7-8,14H2,1H3. The van der Waals surface area contributed by atoms with Crippen LogP contribution in [0.3, 0.4) is 0 Å². The summed E-state index contributed by atoms with van der Waals surface area (Å²) in [5.41, 5.74) is 3.46. The van der Waals surface area contributed by atoms with Crippen LogP contribution < -0.4 is 5.73 Å². The molecule has 1 aromatic heterocycles. The Morgan fingerprint density at radius 3 is 2.68 bits per heavy atom. The Kier molecular flexibility index (Phi) is 3.40. The molecule has 7 heteroatoms. The van der Waals surface area contributed by atoms with Gasteiger partial charge in [-0.05, 0) is 25.5 Å². The molecule has 0 saturated carbocycles. The lowest BCUT2D eigenvalue weighted by Gasteiger charge is -2.40. The first-order valence-corrected chi connectivity index (χ1v) is 7.79. The van der Waals surface area contributed by atoms with Crippen LogP contribution in [0.4, 0.5) is 4.39 Å². The molecule has 2 unspecified atom stereocenters. The van der Waals surface area contributed by atoms with E-state index in [1.54, 1.807) is 0 Å². The quantitative estimate of drug-likeness (QED) is 0.828. The molecule has 2 heterocycles. The summed E-state index contributed by atoms with van der Waals surface area (Å²) in [6.45, 7) is 1.51. The summed E-state index contributed by atoms with van der Waals surface area (Å²) in [4.78, 5) is 3.86. The summed E-state index contributed by atoms with van der Waals surface area (Å²) in [6, 6.07) is 2.54. The monoisotopic (exact) mass is 288 g/mol. The Balaban J connectivity index is 2.45. The number of nitrogens with two attached hydrogens (primary N) is 1. The van der Waals surface area contributed by atoms with Crippen molar-refractivity contribution >= 4 is 9.84 Å². The molecule has 0 radical (unpaired) electrons. The lowest BCUT2D eigenvalue weighted by Crippen LogP contribution is -2.50. The molecular weight excluding hydrogens is 271 g/mol. The third-order valence-electron chi connectivity index (χ3n) is 4.04. The van der Waals surface area contributed by atoms with Crippen molar-refractivity contribution in [2.75, 3.05) is 18.1 Å². The number of halogens is 1. The molecule has 0 aliphatic carbocycles. The molecule has 2 atom stereocenters. The van der Waals surface area contributed by atoms with Crippen molar-refractivity contribution in [2.24, 2.45) is 11.1 Å². The van der Waals surface area contributed by atoms with Gasteiger partial charge in [0.1, 0.15) is 11.4 Å². The summed E-state index contributed by atoms with van der Waals surface area (Å²) in [6.07, 6.45) is 1.27. The largest absolute Gasteiger partial charge is 0.383 e. The van der Waals surface area contributed by atoms with Gasteiger partial charge in [-0.1, -0.05) is 0 Å². The van der Waals surface area contributed by atoms with Gasteiger partial charge in [0.15, 0.2) is 9.84 Å². The Bertz CT molecular complexity index is 571. The van der Waals surface area contributed by atoms with E-state index in [0.717, 1.165) is 6.20 Å². The zero-order chi connectivity index (χ0) is 14.3. The van der Waals surface area contributed by atoms with Gasteiger partial charge in [-0.3, -0.25) is 4.98 Å². The van der Waals surface area contributed by atoms with Gasteiger partial charge in [0, 0.05) is 12.0 Å². The van der Waals surface area contributed by atoms with Crippen molar-refractivity contribution < 1.29 is 17.9 Å². The van der Waals surface area contributed by atoms with Crippen LogP contribution in [0.25, 0.3) is 0 Å². The van der Waals surface area contributed by atoms with Crippen molar-refractivity contribution in [2.45, 2.75) is 18.9 Å². The Hall–Kier alpha value is -1.05. The first-order valence-electron chi connectivity index (χ1n) is 5.97. The van der Waals surface area contributed by atoms with Crippen molar-refractivity contribution in [3.8, 4) is 0 Å². The van der Waals surface area contributed by atoms with Crippen molar-refractivity contribution in [3.63, 3.8) is 0 Å². The smallest absolute Gasteiger partial charge is 0.151 e. The number of rotatable bonds is 3. The van der Waals surface area contributed by atoms with E-state index in [9.17, 15) is 17.9 Å². The van der Waals surface area contributed by atoms with Gasteiger partial charge in [0.05, 0.1) is 23.4 Å². The number of pyridine rings is 1. The van der Waals surface area contributed by atoms with E-state index < -0.39 is 26.7 Å². The lowest BCUT2D eigenvalue weighted by molar-refractivity contribution is -0.0618. The van der Waals surface area contributed by atoms with Gasteiger partial charge >= 0.3 is 0 Å². The lowest BCUT2D eigenvalue weighted by atomic mass is 9.70. The molecule has 106 valence electrons. The fourth-order valence-corrected chi connectivity index (χ4v) is 4.83.